The van der Waals surface area contributed by atoms with E-state index in [9.17, 15) is 0 Å². The number of rotatable bonds is 3. The third-order valence-corrected chi connectivity index (χ3v) is 3.40. The Morgan fingerprint density at radius 3 is 3.17 bits per heavy atom. The van der Waals surface area contributed by atoms with Crippen molar-refractivity contribution in [3.63, 3.8) is 0 Å². The number of nitrogens with one attached hydrogen (secondary N) is 2. The van der Waals surface area contributed by atoms with Crippen LogP contribution in [0.5, 0.6) is 0 Å². The molecule has 4 heteroatoms. The van der Waals surface area contributed by atoms with Gasteiger partial charge in [-0.05, 0) is 30.0 Å². The molecule has 2 heterocycles. The van der Waals surface area contributed by atoms with E-state index in [1.807, 2.05) is 17.8 Å². The average molecular weight is 242 g/mol. The summed E-state index contributed by atoms with van der Waals surface area (Å²) < 4.78 is 1.85. The fourth-order valence-corrected chi connectivity index (χ4v) is 2.38. The quantitative estimate of drug-likeness (QED) is 0.868. The van der Waals surface area contributed by atoms with E-state index in [0.29, 0.717) is 0 Å². The van der Waals surface area contributed by atoms with E-state index < -0.39 is 0 Å². The molecule has 4 nitrogen and oxygen atoms in total. The van der Waals surface area contributed by atoms with Gasteiger partial charge in [0.1, 0.15) is 5.82 Å². The van der Waals surface area contributed by atoms with Crippen LogP contribution in [0.1, 0.15) is 17.5 Å². The number of anilines is 2. The SMILES string of the molecule is Cn1nccc1NCc1ccc2c(c1)CCCN2. The highest BCUT2D eigenvalue weighted by molar-refractivity contribution is 5.54. The van der Waals surface area contributed by atoms with E-state index in [-0.39, 0.29) is 0 Å². The van der Waals surface area contributed by atoms with E-state index in [1.165, 1.54) is 29.7 Å². The van der Waals surface area contributed by atoms with Crippen LogP contribution in [-0.4, -0.2) is 16.3 Å². The highest BCUT2D eigenvalue weighted by atomic mass is 15.3. The summed E-state index contributed by atoms with van der Waals surface area (Å²) in [4.78, 5) is 0. The van der Waals surface area contributed by atoms with Crippen molar-refractivity contribution >= 4 is 11.5 Å². The van der Waals surface area contributed by atoms with Crippen LogP contribution in [0.3, 0.4) is 0 Å². The summed E-state index contributed by atoms with van der Waals surface area (Å²) in [5.41, 5.74) is 4.05. The molecule has 1 aliphatic heterocycles. The molecular weight excluding hydrogens is 224 g/mol. The monoisotopic (exact) mass is 242 g/mol. The molecule has 2 aromatic rings. The Bertz CT molecular complexity index is 544. The lowest BCUT2D eigenvalue weighted by molar-refractivity contribution is 0.768. The Kier molecular flexibility index (Phi) is 2.92. The van der Waals surface area contributed by atoms with E-state index >= 15 is 0 Å². The number of nitrogens with zero attached hydrogens (tertiary/aromatic N) is 2. The smallest absolute Gasteiger partial charge is 0.124 e. The van der Waals surface area contributed by atoms with Gasteiger partial charge in [0.2, 0.25) is 0 Å². The predicted octanol–water partition coefficient (Wildman–Crippen LogP) is 2.39. The summed E-state index contributed by atoms with van der Waals surface area (Å²) in [7, 11) is 1.94. The molecular formula is C14H18N4. The van der Waals surface area contributed by atoms with E-state index in [2.05, 4.69) is 33.9 Å². The van der Waals surface area contributed by atoms with Crippen molar-refractivity contribution in [3.8, 4) is 0 Å². The lowest BCUT2D eigenvalue weighted by atomic mass is 10.0. The van der Waals surface area contributed by atoms with Crippen LogP contribution >= 0.6 is 0 Å². The minimum absolute atomic E-state index is 0.840. The van der Waals surface area contributed by atoms with Gasteiger partial charge in [0.15, 0.2) is 0 Å². The molecule has 0 fully saturated rings. The largest absolute Gasteiger partial charge is 0.385 e. The van der Waals surface area contributed by atoms with Gasteiger partial charge >= 0.3 is 0 Å². The van der Waals surface area contributed by atoms with E-state index in [1.54, 1.807) is 6.20 Å². The van der Waals surface area contributed by atoms with Crippen molar-refractivity contribution in [1.82, 2.24) is 9.78 Å². The number of hydrogen-bond acceptors (Lipinski definition) is 3. The predicted molar refractivity (Wildman–Crippen MR) is 73.8 cm³/mol. The van der Waals surface area contributed by atoms with Gasteiger partial charge in [-0.15, -0.1) is 0 Å². The summed E-state index contributed by atoms with van der Waals surface area (Å²) in [5, 5.41) is 11.0. The Balaban J connectivity index is 1.71. The van der Waals surface area contributed by atoms with Crippen molar-refractivity contribution in [1.29, 1.82) is 0 Å². The Morgan fingerprint density at radius 1 is 1.39 bits per heavy atom. The van der Waals surface area contributed by atoms with Gasteiger partial charge in [0.05, 0.1) is 6.20 Å². The molecule has 18 heavy (non-hydrogen) atoms. The van der Waals surface area contributed by atoms with Crippen molar-refractivity contribution in [2.45, 2.75) is 19.4 Å². The first kappa shape index (κ1) is 11.1. The third-order valence-electron chi connectivity index (χ3n) is 3.40. The Morgan fingerprint density at radius 2 is 2.33 bits per heavy atom. The molecule has 1 aromatic carbocycles. The normalized spacial score (nSPS) is 13.8. The van der Waals surface area contributed by atoms with Crippen LogP contribution < -0.4 is 10.6 Å². The number of aromatic nitrogens is 2. The molecule has 0 saturated carbocycles. The van der Waals surface area contributed by atoms with Gasteiger partial charge in [-0.1, -0.05) is 12.1 Å². The van der Waals surface area contributed by atoms with Gasteiger partial charge in [0, 0.05) is 31.9 Å². The number of fused-ring (bicyclic) bond motifs is 1. The second kappa shape index (κ2) is 4.72. The molecule has 0 radical (unpaired) electrons. The Labute approximate surface area is 107 Å². The molecule has 3 rings (SSSR count). The maximum Gasteiger partial charge on any atom is 0.124 e. The second-order valence-electron chi connectivity index (χ2n) is 4.72. The minimum Gasteiger partial charge on any atom is -0.385 e. The number of benzene rings is 1. The van der Waals surface area contributed by atoms with Crippen molar-refractivity contribution in [2.75, 3.05) is 17.2 Å². The van der Waals surface area contributed by atoms with Gasteiger partial charge in [0.25, 0.3) is 0 Å². The molecule has 2 N–H and O–H groups in total. The zero-order valence-electron chi connectivity index (χ0n) is 10.6. The average Bonchev–Trinajstić information content (AvgIpc) is 2.82. The standard InChI is InChI=1S/C14H18N4/c1-18-14(6-8-17-18)16-10-11-4-5-13-12(9-11)3-2-7-15-13/h4-6,8-9,15-16H,2-3,7,10H2,1H3. The fraction of sp³-hybridized carbons (Fsp3) is 0.357. The van der Waals surface area contributed by atoms with Crippen molar-refractivity contribution in [2.24, 2.45) is 7.05 Å². The lowest BCUT2D eigenvalue weighted by Gasteiger charge is -2.18. The Hall–Kier alpha value is -1.97. The number of aryl methyl sites for hydroxylation is 2. The molecule has 0 atom stereocenters. The van der Waals surface area contributed by atoms with Crippen LogP contribution in [0.2, 0.25) is 0 Å². The zero-order chi connectivity index (χ0) is 12.4. The third kappa shape index (κ3) is 2.18. The first-order chi connectivity index (χ1) is 8.83. The summed E-state index contributed by atoms with van der Waals surface area (Å²) in [6, 6.07) is 8.65. The van der Waals surface area contributed by atoms with Crippen molar-refractivity contribution < 1.29 is 0 Å². The summed E-state index contributed by atoms with van der Waals surface area (Å²) in [6.07, 6.45) is 4.21. The summed E-state index contributed by atoms with van der Waals surface area (Å²) in [6.45, 7) is 1.94. The molecule has 0 unspecified atom stereocenters. The molecule has 1 aliphatic rings. The van der Waals surface area contributed by atoms with Crippen LogP contribution in [0.15, 0.2) is 30.5 Å². The molecule has 94 valence electrons. The van der Waals surface area contributed by atoms with Gasteiger partial charge < -0.3 is 10.6 Å². The molecule has 0 amide bonds. The first-order valence-electron chi connectivity index (χ1n) is 6.40. The van der Waals surface area contributed by atoms with Crippen molar-refractivity contribution in [3.05, 3.63) is 41.6 Å². The van der Waals surface area contributed by atoms with Gasteiger partial charge in [-0.3, -0.25) is 4.68 Å². The highest BCUT2D eigenvalue weighted by Gasteiger charge is 2.08. The van der Waals surface area contributed by atoms with Crippen LogP contribution in [-0.2, 0) is 20.0 Å². The van der Waals surface area contributed by atoms with Gasteiger partial charge in [-0.25, -0.2) is 0 Å². The molecule has 0 saturated heterocycles. The summed E-state index contributed by atoms with van der Waals surface area (Å²) in [5.74, 6) is 1.05. The molecule has 1 aromatic heterocycles. The zero-order valence-corrected chi connectivity index (χ0v) is 10.6. The van der Waals surface area contributed by atoms with Gasteiger partial charge in [-0.2, -0.15) is 5.10 Å². The van der Waals surface area contributed by atoms with Crippen LogP contribution in [0.4, 0.5) is 11.5 Å². The van der Waals surface area contributed by atoms with E-state index in [4.69, 9.17) is 0 Å². The van der Waals surface area contributed by atoms with E-state index in [0.717, 1.165) is 18.9 Å². The summed E-state index contributed by atoms with van der Waals surface area (Å²) >= 11 is 0. The van der Waals surface area contributed by atoms with Crippen LogP contribution in [0.25, 0.3) is 0 Å². The maximum atomic E-state index is 4.14. The number of hydrogen-bond donors (Lipinski definition) is 2. The molecule has 0 aliphatic carbocycles. The lowest BCUT2D eigenvalue weighted by Crippen LogP contribution is -2.12. The molecule has 0 bridgehead atoms. The second-order valence-corrected chi connectivity index (χ2v) is 4.72. The highest BCUT2D eigenvalue weighted by Crippen LogP contribution is 2.23. The maximum absolute atomic E-state index is 4.14. The topological polar surface area (TPSA) is 41.9 Å². The minimum atomic E-state index is 0.840. The first-order valence-corrected chi connectivity index (χ1v) is 6.40. The van der Waals surface area contributed by atoms with Crippen LogP contribution in [0, 0.1) is 0 Å². The molecule has 0 spiro atoms. The fourth-order valence-electron chi connectivity index (χ4n) is 2.38.